The quantitative estimate of drug-likeness (QED) is 0.743. The number of aliphatic hydroxyl groups excluding tert-OH is 1. The van der Waals surface area contributed by atoms with Gasteiger partial charge < -0.3 is 19.9 Å². The molecule has 0 unspecified atom stereocenters. The van der Waals surface area contributed by atoms with Crippen LogP contribution in [0.25, 0.3) is 0 Å². The Morgan fingerprint density at radius 3 is 2.75 bits per heavy atom. The summed E-state index contributed by atoms with van der Waals surface area (Å²) in [7, 11) is 3.22. The average Bonchev–Trinajstić information content (AvgIpc) is 2.94. The second-order valence-electron chi connectivity index (χ2n) is 6.28. The summed E-state index contributed by atoms with van der Waals surface area (Å²) in [6, 6.07) is 5.86. The highest BCUT2D eigenvalue weighted by molar-refractivity contribution is 5.78. The number of likely N-dealkylation sites (tertiary alicyclic amines) is 1. The highest BCUT2D eigenvalue weighted by Gasteiger charge is 2.31. The zero-order valence-corrected chi connectivity index (χ0v) is 14.7. The number of methoxy groups -OCH3 is 2. The molecule has 24 heavy (non-hydrogen) atoms. The van der Waals surface area contributed by atoms with E-state index in [1.165, 1.54) is 0 Å². The van der Waals surface area contributed by atoms with Gasteiger partial charge in [-0.3, -0.25) is 9.69 Å². The van der Waals surface area contributed by atoms with E-state index in [1.807, 2.05) is 18.2 Å². The molecule has 0 radical (unpaired) electrons. The topological polar surface area (TPSA) is 71.0 Å². The molecule has 1 heterocycles. The number of hydrogen-bond acceptors (Lipinski definition) is 5. The van der Waals surface area contributed by atoms with Gasteiger partial charge in [-0.25, -0.2) is 0 Å². The number of rotatable bonds is 8. The fraction of sp³-hybridized carbons (Fsp3) is 0.611. The second kappa shape index (κ2) is 8.89. The molecular formula is C18H28N2O4. The van der Waals surface area contributed by atoms with Crippen LogP contribution in [0.3, 0.4) is 0 Å². The lowest BCUT2D eigenvalue weighted by molar-refractivity contribution is -0.122. The molecule has 1 aliphatic rings. The smallest absolute Gasteiger partial charge is 0.234 e. The third-order valence-electron chi connectivity index (χ3n) is 4.72. The molecular weight excluding hydrogens is 308 g/mol. The summed E-state index contributed by atoms with van der Waals surface area (Å²) in [6.07, 6.45) is 1.76. The Morgan fingerprint density at radius 1 is 1.33 bits per heavy atom. The Balaban J connectivity index is 1.78. The number of benzene rings is 1. The van der Waals surface area contributed by atoms with Crippen molar-refractivity contribution >= 4 is 5.91 Å². The average molecular weight is 336 g/mol. The predicted octanol–water partition coefficient (Wildman–Crippen LogP) is 1.07. The fourth-order valence-electron chi connectivity index (χ4n) is 3.20. The van der Waals surface area contributed by atoms with Crippen LogP contribution in [-0.4, -0.2) is 62.4 Å². The van der Waals surface area contributed by atoms with Crippen LogP contribution in [0.2, 0.25) is 0 Å². The van der Waals surface area contributed by atoms with E-state index in [0.717, 1.165) is 24.9 Å². The Hall–Kier alpha value is -1.79. The summed E-state index contributed by atoms with van der Waals surface area (Å²) in [5.74, 6) is 1.83. The molecule has 2 atom stereocenters. The van der Waals surface area contributed by atoms with E-state index >= 15 is 0 Å². The van der Waals surface area contributed by atoms with Crippen LogP contribution in [-0.2, 0) is 11.2 Å². The van der Waals surface area contributed by atoms with Crippen molar-refractivity contribution in [2.75, 3.05) is 40.5 Å². The summed E-state index contributed by atoms with van der Waals surface area (Å²) >= 11 is 0. The second-order valence-corrected chi connectivity index (χ2v) is 6.28. The van der Waals surface area contributed by atoms with E-state index in [4.69, 9.17) is 9.47 Å². The molecule has 6 nitrogen and oxygen atoms in total. The summed E-state index contributed by atoms with van der Waals surface area (Å²) in [4.78, 5) is 14.2. The van der Waals surface area contributed by atoms with Gasteiger partial charge in [0, 0.05) is 12.6 Å². The minimum atomic E-state index is 0.00280. The van der Waals surface area contributed by atoms with Gasteiger partial charge in [-0.2, -0.15) is 0 Å². The molecule has 2 N–H and O–H groups in total. The van der Waals surface area contributed by atoms with Crippen LogP contribution < -0.4 is 14.8 Å². The SMILES string of the molecule is COc1ccc(CCNC(=O)CN2CC[C@@H](C)[C@H]2CO)cc1OC. The number of hydrogen-bond donors (Lipinski definition) is 2. The van der Waals surface area contributed by atoms with Crippen molar-refractivity contribution in [3.8, 4) is 11.5 Å². The minimum Gasteiger partial charge on any atom is -0.493 e. The van der Waals surface area contributed by atoms with Crippen molar-refractivity contribution in [3.63, 3.8) is 0 Å². The molecule has 6 heteroatoms. The summed E-state index contributed by atoms with van der Waals surface area (Å²) < 4.78 is 10.5. The van der Waals surface area contributed by atoms with Crippen LogP contribution in [0.4, 0.5) is 0 Å². The van der Waals surface area contributed by atoms with Crippen LogP contribution in [0.15, 0.2) is 18.2 Å². The van der Waals surface area contributed by atoms with E-state index in [1.54, 1.807) is 14.2 Å². The molecule has 0 aromatic heterocycles. The van der Waals surface area contributed by atoms with E-state index in [-0.39, 0.29) is 18.6 Å². The van der Waals surface area contributed by atoms with E-state index < -0.39 is 0 Å². The van der Waals surface area contributed by atoms with Gasteiger partial charge in [0.1, 0.15) is 0 Å². The van der Waals surface area contributed by atoms with Crippen LogP contribution in [0, 0.1) is 5.92 Å². The van der Waals surface area contributed by atoms with Gasteiger partial charge in [-0.05, 0) is 43.0 Å². The predicted molar refractivity (Wildman–Crippen MR) is 92.5 cm³/mol. The number of carbonyl (C=O) groups excluding carboxylic acids is 1. The van der Waals surface area contributed by atoms with Gasteiger partial charge in [0.05, 0.1) is 27.4 Å². The van der Waals surface area contributed by atoms with Gasteiger partial charge in [0.25, 0.3) is 0 Å². The first-order valence-corrected chi connectivity index (χ1v) is 8.41. The number of ether oxygens (including phenoxy) is 2. The van der Waals surface area contributed by atoms with Crippen LogP contribution in [0.1, 0.15) is 18.9 Å². The van der Waals surface area contributed by atoms with Crippen molar-refractivity contribution in [2.24, 2.45) is 5.92 Å². The number of nitrogens with zero attached hydrogens (tertiary/aromatic N) is 1. The molecule has 1 fully saturated rings. The molecule has 0 spiro atoms. The summed E-state index contributed by atoms with van der Waals surface area (Å²) in [6.45, 7) is 4.02. The van der Waals surface area contributed by atoms with Crippen molar-refractivity contribution < 1.29 is 19.4 Å². The van der Waals surface area contributed by atoms with Gasteiger partial charge in [-0.15, -0.1) is 0 Å². The molecule has 1 aromatic rings. The zero-order chi connectivity index (χ0) is 17.5. The molecule has 0 aliphatic carbocycles. The molecule has 1 saturated heterocycles. The lowest BCUT2D eigenvalue weighted by Crippen LogP contribution is -2.42. The maximum absolute atomic E-state index is 12.1. The monoisotopic (exact) mass is 336 g/mol. The van der Waals surface area contributed by atoms with E-state index in [9.17, 15) is 9.90 Å². The largest absolute Gasteiger partial charge is 0.493 e. The van der Waals surface area contributed by atoms with Crippen molar-refractivity contribution in [1.82, 2.24) is 10.2 Å². The number of nitrogens with one attached hydrogen (secondary N) is 1. The number of aliphatic hydroxyl groups is 1. The number of amides is 1. The maximum Gasteiger partial charge on any atom is 0.234 e. The number of carbonyl (C=O) groups is 1. The molecule has 2 rings (SSSR count). The third kappa shape index (κ3) is 4.61. The van der Waals surface area contributed by atoms with Crippen molar-refractivity contribution in [1.29, 1.82) is 0 Å². The first kappa shape index (κ1) is 18.5. The fourth-order valence-corrected chi connectivity index (χ4v) is 3.20. The molecule has 134 valence electrons. The van der Waals surface area contributed by atoms with Crippen LogP contribution in [0.5, 0.6) is 11.5 Å². The Kier molecular flexibility index (Phi) is 6.87. The molecule has 0 saturated carbocycles. The van der Waals surface area contributed by atoms with Crippen LogP contribution >= 0.6 is 0 Å². The third-order valence-corrected chi connectivity index (χ3v) is 4.72. The Morgan fingerprint density at radius 2 is 2.08 bits per heavy atom. The van der Waals surface area contributed by atoms with E-state index in [2.05, 4.69) is 17.1 Å². The maximum atomic E-state index is 12.1. The molecule has 1 aromatic carbocycles. The molecule has 1 amide bonds. The highest BCUT2D eigenvalue weighted by atomic mass is 16.5. The Bertz CT molecular complexity index is 550. The lowest BCUT2D eigenvalue weighted by Gasteiger charge is -2.24. The van der Waals surface area contributed by atoms with Gasteiger partial charge in [0.2, 0.25) is 5.91 Å². The molecule has 0 bridgehead atoms. The van der Waals surface area contributed by atoms with Gasteiger partial charge >= 0.3 is 0 Å². The molecule has 1 aliphatic heterocycles. The standard InChI is InChI=1S/C18H28N2O4/c1-13-7-9-20(15(13)12-21)11-18(22)19-8-6-14-4-5-16(23-2)17(10-14)24-3/h4-5,10,13,15,21H,6-9,11-12H2,1-3H3,(H,19,22)/t13-,15-/m1/s1. The van der Waals surface area contributed by atoms with Gasteiger partial charge in [0.15, 0.2) is 11.5 Å². The van der Waals surface area contributed by atoms with Crippen molar-refractivity contribution in [3.05, 3.63) is 23.8 Å². The summed E-state index contributed by atoms with van der Waals surface area (Å²) in [5.41, 5.74) is 1.08. The van der Waals surface area contributed by atoms with E-state index in [0.29, 0.717) is 30.5 Å². The first-order valence-electron chi connectivity index (χ1n) is 8.41. The normalized spacial score (nSPS) is 20.8. The van der Waals surface area contributed by atoms with Gasteiger partial charge in [-0.1, -0.05) is 13.0 Å². The minimum absolute atomic E-state index is 0.00280. The first-order chi connectivity index (χ1) is 11.6. The Labute approximate surface area is 143 Å². The van der Waals surface area contributed by atoms with Crippen molar-refractivity contribution in [2.45, 2.75) is 25.8 Å². The zero-order valence-electron chi connectivity index (χ0n) is 14.7. The summed E-state index contributed by atoms with van der Waals surface area (Å²) in [5, 5.41) is 12.4. The lowest BCUT2D eigenvalue weighted by atomic mass is 10.0. The highest BCUT2D eigenvalue weighted by Crippen LogP contribution is 2.27.